The number of allylic oxidation sites excluding steroid dienone is 1. The summed E-state index contributed by atoms with van der Waals surface area (Å²) in [4.78, 5) is 14.7. The zero-order chi connectivity index (χ0) is 23.5. The predicted molar refractivity (Wildman–Crippen MR) is 127 cm³/mol. The van der Waals surface area contributed by atoms with Crippen LogP contribution in [-0.4, -0.2) is 32.7 Å². The Morgan fingerprint density at radius 3 is 2.50 bits per heavy atom. The third-order valence-electron chi connectivity index (χ3n) is 5.60. The van der Waals surface area contributed by atoms with E-state index in [2.05, 4.69) is 20.8 Å². The predicted octanol–water partition coefficient (Wildman–Crippen LogP) is 4.23. The number of hydrogen-bond donors (Lipinski definition) is 1. The SMILES string of the molecule is O=C(CN1C(c2ccc(Cl)cc2)=CC(c2ccccc2)n2nnnc21)NCc1ccccc1F. The fourth-order valence-corrected chi connectivity index (χ4v) is 4.04. The third kappa shape index (κ3) is 4.40. The molecule has 9 heteroatoms. The van der Waals surface area contributed by atoms with Crippen molar-refractivity contribution >= 4 is 29.2 Å². The number of aromatic nitrogens is 4. The molecule has 1 aliphatic heterocycles. The number of nitrogens with one attached hydrogen (secondary N) is 1. The fraction of sp³-hybridized carbons (Fsp3) is 0.120. The number of nitrogens with zero attached hydrogens (tertiary/aromatic N) is 5. The van der Waals surface area contributed by atoms with Gasteiger partial charge in [0, 0.05) is 17.1 Å². The van der Waals surface area contributed by atoms with Gasteiger partial charge in [0.15, 0.2) is 0 Å². The number of rotatable bonds is 6. The van der Waals surface area contributed by atoms with Gasteiger partial charge >= 0.3 is 0 Å². The molecule has 0 aliphatic carbocycles. The van der Waals surface area contributed by atoms with Gasteiger partial charge in [0.25, 0.3) is 5.95 Å². The van der Waals surface area contributed by atoms with Crippen LogP contribution in [0.4, 0.5) is 10.3 Å². The molecule has 5 rings (SSSR count). The summed E-state index contributed by atoms with van der Waals surface area (Å²) in [6.07, 6.45) is 2.02. The molecular weight excluding hydrogens is 455 g/mol. The van der Waals surface area contributed by atoms with Crippen molar-refractivity contribution in [3.63, 3.8) is 0 Å². The van der Waals surface area contributed by atoms with E-state index in [-0.39, 0.29) is 30.9 Å². The Bertz CT molecular complexity index is 1340. The molecule has 0 bridgehead atoms. The number of halogens is 2. The van der Waals surface area contributed by atoms with Gasteiger partial charge in [0.05, 0.1) is 5.70 Å². The highest BCUT2D eigenvalue weighted by Gasteiger charge is 2.31. The summed E-state index contributed by atoms with van der Waals surface area (Å²) in [5.41, 5.74) is 3.05. The zero-order valence-electron chi connectivity index (χ0n) is 18.0. The van der Waals surface area contributed by atoms with E-state index in [1.807, 2.05) is 48.5 Å². The second-order valence-electron chi connectivity index (χ2n) is 7.79. The molecule has 4 aromatic rings. The topological polar surface area (TPSA) is 75.9 Å². The van der Waals surface area contributed by atoms with Gasteiger partial charge in [0.2, 0.25) is 5.91 Å². The summed E-state index contributed by atoms with van der Waals surface area (Å²) < 4.78 is 15.6. The van der Waals surface area contributed by atoms with Crippen molar-refractivity contribution < 1.29 is 9.18 Å². The summed E-state index contributed by atoms with van der Waals surface area (Å²) in [5.74, 6) is -0.227. The van der Waals surface area contributed by atoms with Gasteiger partial charge in [-0.2, -0.15) is 4.68 Å². The highest BCUT2D eigenvalue weighted by atomic mass is 35.5. The maximum atomic E-state index is 14.0. The number of fused-ring (bicyclic) bond motifs is 1. The average Bonchev–Trinajstić information content (AvgIpc) is 3.35. The average molecular weight is 475 g/mol. The van der Waals surface area contributed by atoms with E-state index in [0.717, 1.165) is 16.8 Å². The lowest BCUT2D eigenvalue weighted by atomic mass is 10.0. The number of tetrazole rings is 1. The smallest absolute Gasteiger partial charge is 0.251 e. The fourth-order valence-electron chi connectivity index (χ4n) is 3.92. The quantitative estimate of drug-likeness (QED) is 0.452. The van der Waals surface area contributed by atoms with Crippen molar-refractivity contribution in [1.82, 2.24) is 25.5 Å². The Hall–Kier alpha value is -4.04. The first-order chi connectivity index (χ1) is 16.6. The lowest BCUT2D eigenvalue weighted by molar-refractivity contribution is -0.119. The summed E-state index contributed by atoms with van der Waals surface area (Å²) in [6, 6.07) is 23.3. The van der Waals surface area contributed by atoms with Crippen LogP contribution in [0, 0.1) is 5.82 Å². The van der Waals surface area contributed by atoms with Crippen LogP contribution in [0.5, 0.6) is 0 Å². The van der Waals surface area contributed by atoms with Crippen LogP contribution in [0.1, 0.15) is 22.7 Å². The Labute approximate surface area is 200 Å². The van der Waals surface area contributed by atoms with Crippen molar-refractivity contribution in [3.05, 3.63) is 112 Å². The number of carbonyl (C=O) groups is 1. The molecule has 0 radical (unpaired) electrons. The second kappa shape index (κ2) is 9.44. The van der Waals surface area contributed by atoms with E-state index < -0.39 is 0 Å². The van der Waals surface area contributed by atoms with E-state index in [1.165, 1.54) is 6.07 Å². The maximum Gasteiger partial charge on any atom is 0.251 e. The Kier molecular flexibility index (Phi) is 6.05. The van der Waals surface area contributed by atoms with E-state index in [1.54, 1.807) is 39.9 Å². The molecule has 3 aromatic carbocycles. The first kappa shape index (κ1) is 21.8. The molecule has 2 heterocycles. The highest BCUT2D eigenvalue weighted by Crippen LogP contribution is 2.36. The van der Waals surface area contributed by atoms with Crippen LogP contribution < -0.4 is 10.2 Å². The second-order valence-corrected chi connectivity index (χ2v) is 8.23. The lowest BCUT2D eigenvalue weighted by Gasteiger charge is -2.32. The van der Waals surface area contributed by atoms with Gasteiger partial charge in [-0.25, -0.2) is 4.39 Å². The van der Waals surface area contributed by atoms with Crippen LogP contribution in [0.15, 0.2) is 84.9 Å². The van der Waals surface area contributed by atoms with Gasteiger partial charge < -0.3 is 5.32 Å². The van der Waals surface area contributed by atoms with E-state index in [4.69, 9.17) is 11.6 Å². The van der Waals surface area contributed by atoms with Gasteiger partial charge in [-0.15, -0.1) is 0 Å². The molecule has 0 spiro atoms. The van der Waals surface area contributed by atoms with Crippen LogP contribution >= 0.6 is 11.6 Å². The first-order valence-corrected chi connectivity index (χ1v) is 11.1. The Morgan fingerprint density at radius 2 is 1.74 bits per heavy atom. The van der Waals surface area contributed by atoms with Crippen LogP contribution in [0.3, 0.4) is 0 Å². The molecule has 1 amide bonds. The molecule has 1 aromatic heterocycles. The van der Waals surface area contributed by atoms with Crippen LogP contribution in [0.25, 0.3) is 5.70 Å². The third-order valence-corrected chi connectivity index (χ3v) is 5.86. The molecular formula is C25H20ClFN6O. The number of hydrogen-bond acceptors (Lipinski definition) is 5. The first-order valence-electron chi connectivity index (χ1n) is 10.7. The van der Waals surface area contributed by atoms with Gasteiger partial charge in [0.1, 0.15) is 18.4 Å². The van der Waals surface area contributed by atoms with Crippen molar-refractivity contribution in [2.75, 3.05) is 11.4 Å². The largest absolute Gasteiger partial charge is 0.350 e. The number of anilines is 1. The molecule has 1 atom stereocenters. The van der Waals surface area contributed by atoms with E-state index in [9.17, 15) is 9.18 Å². The molecule has 1 N–H and O–H groups in total. The Morgan fingerprint density at radius 1 is 1.00 bits per heavy atom. The van der Waals surface area contributed by atoms with E-state index in [0.29, 0.717) is 16.5 Å². The number of carbonyl (C=O) groups excluding carboxylic acids is 1. The number of amides is 1. The Balaban J connectivity index is 1.47. The minimum Gasteiger partial charge on any atom is -0.350 e. The maximum absolute atomic E-state index is 14.0. The molecule has 0 fully saturated rings. The van der Waals surface area contributed by atoms with Gasteiger partial charge in [-0.1, -0.05) is 77.4 Å². The van der Waals surface area contributed by atoms with Crippen molar-refractivity contribution in [3.8, 4) is 0 Å². The minimum absolute atomic E-state index is 0.0508. The molecule has 7 nitrogen and oxygen atoms in total. The van der Waals surface area contributed by atoms with Crippen LogP contribution in [-0.2, 0) is 11.3 Å². The molecule has 0 saturated carbocycles. The summed E-state index contributed by atoms with van der Waals surface area (Å²) in [6.45, 7) is 0.0295. The zero-order valence-corrected chi connectivity index (χ0v) is 18.7. The van der Waals surface area contributed by atoms with Gasteiger partial charge in [-0.05, 0) is 45.8 Å². The number of benzene rings is 3. The summed E-state index contributed by atoms with van der Waals surface area (Å²) >= 11 is 6.11. The van der Waals surface area contributed by atoms with Crippen molar-refractivity contribution in [2.45, 2.75) is 12.6 Å². The molecule has 1 unspecified atom stereocenters. The summed E-state index contributed by atoms with van der Waals surface area (Å²) in [7, 11) is 0. The minimum atomic E-state index is -0.364. The summed E-state index contributed by atoms with van der Waals surface area (Å²) in [5, 5.41) is 15.7. The molecule has 34 heavy (non-hydrogen) atoms. The van der Waals surface area contributed by atoms with Crippen molar-refractivity contribution in [1.29, 1.82) is 0 Å². The highest BCUT2D eigenvalue weighted by molar-refractivity contribution is 6.30. The van der Waals surface area contributed by atoms with Gasteiger partial charge in [-0.3, -0.25) is 9.69 Å². The molecule has 170 valence electrons. The van der Waals surface area contributed by atoms with Crippen molar-refractivity contribution in [2.24, 2.45) is 0 Å². The lowest BCUT2D eigenvalue weighted by Crippen LogP contribution is -2.40. The van der Waals surface area contributed by atoms with E-state index >= 15 is 0 Å². The molecule has 0 saturated heterocycles. The normalized spacial score (nSPS) is 14.9. The van der Waals surface area contributed by atoms with Crippen LogP contribution in [0.2, 0.25) is 5.02 Å². The molecule has 1 aliphatic rings. The standard InChI is InChI=1S/C25H20ClFN6O/c26-20-12-10-18(11-13-20)22-14-23(17-6-2-1-3-7-17)33-25(29-30-31-33)32(22)16-24(34)28-15-19-8-4-5-9-21(19)27/h1-14,23H,15-16H2,(H,28,34). The monoisotopic (exact) mass is 474 g/mol.